The van der Waals surface area contributed by atoms with Crippen LogP contribution in [0.1, 0.15) is 31.0 Å². The molecule has 126 valence electrons. The number of nitrogens with two attached hydrogens (primary N) is 1. The summed E-state index contributed by atoms with van der Waals surface area (Å²) in [6, 6.07) is 3.32. The van der Waals surface area contributed by atoms with E-state index in [1.165, 1.54) is 12.3 Å². The second-order valence-corrected chi connectivity index (χ2v) is 6.07. The van der Waals surface area contributed by atoms with Gasteiger partial charge in [0, 0.05) is 36.8 Å². The molecule has 4 rings (SSSR count). The molecule has 2 aromatic heterocycles. The van der Waals surface area contributed by atoms with Crippen molar-refractivity contribution in [3.05, 3.63) is 24.2 Å². The lowest BCUT2D eigenvalue weighted by Gasteiger charge is -2.32. The predicted octanol–water partition coefficient (Wildman–Crippen LogP) is 2.81. The fraction of sp³-hybridized carbons (Fsp3) is 0.438. The number of anilines is 2. The fourth-order valence-corrected chi connectivity index (χ4v) is 2.62. The van der Waals surface area contributed by atoms with Crippen molar-refractivity contribution in [2.45, 2.75) is 31.8 Å². The number of halogens is 2. The second-order valence-electron chi connectivity index (χ2n) is 6.07. The molecule has 0 aromatic carbocycles. The van der Waals surface area contributed by atoms with Crippen molar-refractivity contribution < 1.29 is 13.5 Å². The molecule has 0 spiro atoms. The van der Waals surface area contributed by atoms with Gasteiger partial charge in [-0.25, -0.2) is 15.0 Å². The van der Waals surface area contributed by atoms with Crippen molar-refractivity contribution in [1.29, 1.82) is 0 Å². The molecular weight excluding hydrogens is 316 g/mol. The van der Waals surface area contributed by atoms with Gasteiger partial charge in [0.15, 0.2) is 11.6 Å². The first-order chi connectivity index (χ1) is 11.6. The van der Waals surface area contributed by atoms with Gasteiger partial charge in [0.1, 0.15) is 11.6 Å². The number of aromatic nitrogens is 3. The molecule has 0 radical (unpaired) electrons. The first kappa shape index (κ1) is 15.0. The van der Waals surface area contributed by atoms with Gasteiger partial charge in [-0.2, -0.15) is 8.78 Å². The second kappa shape index (κ2) is 5.85. The predicted molar refractivity (Wildman–Crippen MR) is 85.1 cm³/mol. The van der Waals surface area contributed by atoms with Crippen LogP contribution in [0.5, 0.6) is 5.75 Å². The third-order valence-electron chi connectivity index (χ3n) is 4.25. The van der Waals surface area contributed by atoms with Crippen molar-refractivity contribution in [3.63, 3.8) is 0 Å². The van der Waals surface area contributed by atoms with Crippen molar-refractivity contribution >= 4 is 11.6 Å². The SMILES string of the molecule is Nc1ncc(-c2cc(N3CCC3)nc(C3CC3)n2)cc1OC(F)F. The van der Waals surface area contributed by atoms with Gasteiger partial charge in [-0.15, -0.1) is 0 Å². The quantitative estimate of drug-likeness (QED) is 0.906. The Labute approximate surface area is 137 Å². The molecular formula is C16H17F2N5O. The number of nitrogens with zero attached hydrogens (tertiary/aromatic N) is 4. The summed E-state index contributed by atoms with van der Waals surface area (Å²) >= 11 is 0. The number of nitrogen functional groups attached to an aromatic ring is 1. The van der Waals surface area contributed by atoms with Crippen molar-refractivity contribution in [3.8, 4) is 17.0 Å². The van der Waals surface area contributed by atoms with Crippen LogP contribution >= 0.6 is 0 Å². The molecule has 3 heterocycles. The van der Waals surface area contributed by atoms with E-state index in [0.717, 1.165) is 44.0 Å². The van der Waals surface area contributed by atoms with Gasteiger partial charge >= 0.3 is 6.61 Å². The van der Waals surface area contributed by atoms with Crippen molar-refractivity contribution in [2.24, 2.45) is 0 Å². The Balaban J connectivity index is 1.73. The maximum atomic E-state index is 12.5. The lowest BCUT2D eigenvalue weighted by molar-refractivity contribution is -0.0494. The Morgan fingerprint density at radius 3 is 2.62 bits per heavy atom. The third-order valence-corrected chi connectivity index (χ3v) is 4.25. The Morgan fingerprint density at radius 2 is 2.00 bits per heavy atom. The normalized spacial score (nSPS) is 17.0. The monoisotopic (exact) mass is 333 g/mol. The Bertz CT molecular complexity index is 762. The first-order valence-corrected chi connectivity index (χ1v) is 7.95. The zero-order chi connectivity index (χ0) is 16.7. The van der Waals surface area contributed by atoms with Crippen LogP contribution in [-0.4, -0.2) is 34.7 Å². The fourth-order valence-electron chi connectivity index (χ4n) is 2.62. The molecule has 1 saturated heterocycles. The standard InChI is InChI=1S/C16H17F2N5O/c17-16(18)24-12-6-10(8-20-14(12)19)11-7-13(23-4-1-5-23)22-15(21-11)9-2-3-9/h6-9,16H,1-5H2,(H2,19,20). The Kier molecular flexibility index (Phi) is 3.66. The molecule has 0 unspecified atom stereocenters. The van der Waals surface area contributed by atoms with Crippen LogP contribution < -0.4 is 15.4 Å². The number of ether oxygens (including phenoxy) is 1. The van der Waals surface area contributed by atoms with E-state index in [2.05, 4.69) is 24.6 Å². The highest BCUT2D eigenvalue weighted by molar-refractivity contribution is 5.66. The van der Waals surface area contributed by atoms with Crippen LogP contribution in [0.2, 0.25) is 0 Å². The minimum atomic E-state index is -2.95. The lowest BCUT2D eigenvalue weighted by Crippen LogP contribution is -2.37. The largest absolute Gasteiger partial charge is 0.431 e. The van der Waals surface area contributed by atoms with Gasteiger partial charge in [0.05, 0.1) is 5.69 Å². The summed E-state index contributed by atoms with van der Waals surface area (Å²) in [7, 11) is 0. The molecule has 2 aromatic rings. The van der Waals surface area contributed by atoms with E-state index in [1.807, 2.05) is 6.07 Å². The van der Waals surface area contributed by atoms with Gasteiger partial charge in [-0.05, 0) is 25.3 Å². The highest BCUT2D eigenvalue weighted by Gasteiger charge is 2.29. The van der Waals surface area contributed by atoms with Gasteiger partial charge < -0.3 is 15.4 Å². The van der Waals surface area contributed by atoms with E-state index in [9.17, 15) is 8.78 Å². The summed E-state index contributed by atoms with van der Waals surface area (Å²) in [4.78, 5) is 15.4. The number of hydrogen-bond acceptors (Lipinski definition) is 6. The molecule has 24 heavy (non-hydrogen) atoms. The first-order valence-electron chi connectivity index (χ1n) is 7.95. The summed E-state index contributed by atoms with van der Waals surface area (Å²) < 4.78 is 29.4. The average molecular weight is 333 g/mol. The summed E-state index contributed by atoms with van der Waals surface area (Å²) in [5.41, 5.74) is 6.84. The van der Waals surface area contributed by atoms with Crippen LogP contribution in [0, 0.1) is 0 Å². The summed E-state index contributed by atoms with van der Waals surface area (Å²) in [5, 5.41) is 0. The third kappa shape index (κ3) is 2.95. The summed E-state index contributed by atoms with van der Waals surface area (Å²) in [5.74, 6) is 1.87. The lowest BCUT2D eigenvalue weighted by atomic mass is 10.1. The van der Waals surface area contributed by atoms with E-state index in [-0.39, 0.29) is 11.6 Å². The van der Waals surface area contributed by atoms with E-state index < -0.39 is 6.61 Å². The van der Waals surface area contributed by atoms with Gasteiger partial charge in [0.2, 0.25) is 0 Å². The summed E-state index contributed by atoms with van der Waals surface area (Å²) in [6.45, 7) is -1.01. The number of alkyl halides is 2. The van der Waals surface area contributed by atoms with E-state index in [1.54, 1.807) is 0 Å². The van der Waals surface area contributed by atoms with Gasteiger partial charge in [-0.1, -0.05) is 0 Å². The molecule has 2 N–H and O–H groups in total. The van der Waals surface area contributed by atoms with Crippen LogP contribution in [0.4, 0.5) is 20.4 Å². The van der Waals surface area contributed by atoms with Crippen molar-refractivity contribution in [2.75, 3.05) is 23.7 Å². The molecule has 1 aliphatic carbocycles. The average Bonchev–Trinajstić information content (AvgIpc) is 3.31. The van der Waals surface area contributed by atoms with E-state index in [0.29, 0.717) is 17.2 Å². The maximum Gasteiger partial charge on any atom is 0.387 e. The minimum absolute atomic E-state index is 0.0708. The van der Waals surface area contributed by atoms with Crippen LogP contribution in [-0.2, 0) is 0 Å². The molecule has 1 saturated carbocycles. The zero-order valence-electron chi connectivity index (χ0n) is 13.0. The summed E-state index contributed by atoms with van der Waals surface area (Å²) in [6.07, 6.45) is 4.84. The molecule has 2 fully saturated rings. The molecule has 6 nitrogen and oxygen atoms in total. The molecule has 2 aliphatic rings. The van der Waals surface area contributed by atoms with Gasteiger partial charge in [-0.3, -0.25) is 0 Å². The van der Waals surface area contributed by atoms with Crippen LogP contribution in [0.3, 0.4) is 0 Å². The zero-order valence-corrected chi connectivity index (χ0v) is 13.0. The molecule has 1 aliphatic heterocycles. The smallest absolute Gasteiger partial charge is 0.387 e. The Hall–Kier alpha value is -2.51. The van der Waals surface area contributed by atoms with Crippen LogP contribution in [0.25, 0.3) is 11.3 Å². The highest BCUT2D eigenvalue weighted by Crippen LogP contribution is 2.40. The molecule has 0 amide bonds. The minimum Gasteiger partial charge on any atom is -0.431 e. The number of hydrogen-bond donors (Lipinski definition) is 1. The Morgan fingerprint density at radius 1 is 1.21 bits per heavy atom. The highest BCUT2D eigenvalue weighted by atomic mass is 19.3. The number of pyridine rings is 1. The van der Waals surface area contributed by atoms with Crippen LogP contribution in [0.15, 0.2) is 18.3 Å². The van der Waals surface area contributed by atoms with E-state index >= 15 is 0 Å². The van der Waals surface area contributed by atoms with Gasteiger partial charge in [0.25, 0.3) is 0 Å². The molecule has 8 heteroatoms. The topological polar surface area (TPSA) is 77.2 Å². The maximum absolute atomic E-state index is 12.5. The number of rotatable bonds is 5. The van der Waals surface area contributed by atoms with E-state index in [4.69, 9.17) is 5.73 Å². The molecule has 0 atom stereocenters. The van der Waals surface area contributed by atoms with Crippen molar-refractivity contribution in [1.82, 2.24) is 15.0 Å². The molecule has 0 bridgehead atoms.